The predicted octanol–water partition coefficient (Wildman–Crippen LogP) is 2.20. The van der Waals surface area contributed by atoms with Gasteiger partial charge in [-0.15, -0.1) is 11.3 Å². The van der Waals surface area contributed by atoms with E-state index in [1.807, 2.05) is 0 Å². The van der Waals surface area contributed by atoms with E-state index in [0.29, 0.717) is 9.21 Å². The second kappa shape index (κ2) is 3.17. The molecule has 0 saturated carbocycles. The normalized spacial score (nSPS) is 15.7. The van der Waals surface area contributed by atoms with Crippen LogP contribution in [0, 0.1) is 0 Å². The number of halogens is 1. The zero-order valence-corrected chi connectivity index (χ0v) is 8.37. The molecule has 12 heavy (non-hydrogen) atoms. The molecule has 0 saturated heterocycles. The maximum Gasteiger partial charge on any atom is 0.166 e. The predicted molar refractivity (Wildman–Crippen MR) is 49.6 cm³/mol. The highest BCUT2D eigenvalue weighted by atomic mass is 35.5. The van der Waals surface area contributed by atoms with Crippen LogP contribution < -0.4 is 0 Å². The van der Waals surface area contributed by atoms with Gasteiger partial charge < -0.3 is 5.11 Å². The summed E-state index contributed by atoms with van der Waals surface area (Å²) < 4.78 is 0.575. The maximum absolute atomic E-state index is 11.0. The number of Topliss-reactive ketones (excluding diaryl/α,β-unsaturated/α-hetero) is 1. The van der Waals surface area contributed by atoms with Gasteiger partial charge in [0, 0.05) is 4.88 Å². The Morgan fingerprint density at radius 1 is 1.67 bits per heavy atom. The lowest BCUT2D eigenvalue weighted by atomic mass is 10.0. The Balaban J connectivity index is 3.05. The van der Waals surface area contributed by atoms with Crippen LogP contribution in [0.1, 0.15) is 18.7 Å². The minimum atomic E-state index is -1.39. The molecule has 0 fully saturated rings. The van der Waals surface area contributed by atoms with Gasteiger partial charge in [0.2, 0.25) is 0 Å². The third-order valence-electron chi connectivity index (χ3n) is 1.74. The number of carbonyl (C=O) groups excluding carboxylic acids is 1. The number of hydrogen-bond donors (Lipinski definition) is 1. The number of hydrogen-bond acceptors (Lipinski definition) is 3. The molecular formula is C8H9ClO2S. The Labute approximate surface area is 79.8 Å². The summed E-state index contributed by atoms with van der Waals surface area (Å²) in [6.07, 6.45) is 0. The van der Waals surface area contributed by atoms with E-state index in [1.165, 1.54) is 25.2 Å². The smallest absolute Gasteiger partial charge is 0.166 e. The zero-order valence-electron chi connectivity index (χ0n) is 6.80. The third kappa shape index (κ3) is 1.68. The molecule has 0 radical (unpaired) electrons. The maximum atomic E-state index is 11.0. The molecule has 0 aromatic carbocycles. The van der Waals surface area contributed by atoms with E-state index >= 15 is 0 Å². The summed E-state index contributed by atoms with van der Waals surface area (Å²) in [7, 11) is 0. The number of ketones is 1. The summed E-state index contributed by atoms with van der Waals surface area (Å²) >= 11 is 6.88. The highest BCUT2D eigenvalue weighted by Gasteiger charge is 2.30. The van der Waals surface area contributed by atoms with Gasteiger partial charge in [0.1, 0.15) is 0 Å². The average Bonchev–Trinajstić information content (AvgIpc) is 2.35. The van der Waals surface area contributed by atoms with Crippen molar-refractivity contribution in [3.8, 4) is 0 Å². The molecule has 0 bridgehead atoms. The van der Waals surface area contributed by atoms with E-state index in [0.717, 1.165) is 0 Å². The summed E-state index contributed by atoms with van der Waals surface area (Å²) in [6, 6.07) is 3.33. The van der Waals surface area contributed by atoms with Crippen molar-refractivity contribution >= 4 is 28.7 Å². The lowest BCUT2D eigenvalue weighted by molar-refractivity contribution is -0.133. The molecule has 0 amide bonds. The molecule has 1 atom stereocenters. The van der Waals surface area contributed by atoms with Crippen LogP contribution in [-0.4, -0.2) is 10.9 Å². The van der Waals surface area contributed by atoms with Crippen LogP contribution in [0.3, 0.4) is 0 Å². The van der Waals surface area contributed by atoms with Crippen LogP contribution in [0.5, 0.6) is 0 Å². The molecule has 1 N–H and O–H groups in total. The first-order chi connectivity index (χ1) is 5.44. The second-order valence-corrected chi connectivity index (χ2v) is 4.45. The molecule has 0 spiro atoms. The van der Waals surface area contributed by atoms with Gasteiger partial charge in [-0.3, -0.25) is 4.79 Å². The topological polar surface area (TPSA) is 37.3 Å². The largest absolute Gasteiger partial charge is 0.377 e. The molecule has 0 aliphatic heterocycles. The molecule has 2 nitrogen and oxygen atoms in total. The fourth-order valence-corrected chi connectivity index (χ4v) is 1.89. The summed E-state index contributed by atoms with van der Waals surface area (Å²) in [5.41, 5.74) is -1.39. The van der Waals surface area contributed by atoms with Crippen LogP contribution >= 0.6 is 22.9 Å². The monoisotopic (exact) mass is 204 g/mol. The molecule has 4 heteroatoms. The SMILES string of the molecule is CC(=O)C(C)(O)c1ccc(Cl)s1. The summed E-state index contributed by atoms with van der Waals surface area (Å²) in [4.78, 5) is 11.6. The van der Waals surface area contributed by atoms with Gasteiger partial charge in [-0.05, 0) is 26.0 Å². The number of thiophene rings is 1. The average molecular weight is 205 g/mol. The zero-order chi connectivity index (χ0) is 9.35. The van der Waals surface area contributed by atoms with Gasteiger partial charge in [0.15, 0.2) is 11.4 Å². The van der Waals surface area contributed by atoms with Gasteiger partial charge in [0.05, 0.1) is 4.34 Å². The van der Waals surface area contributed by atoms with Crippen molar-refractivity contribution in [3.05, 3.63) is 21.3 Å². The van der Waals surface area contributed by atoms with Gasteiger partial charge in [-0.2, -0.15) is 0 Å². The first kappa shape index (κ1) is 9.71. The summed E-state index contributed by atoms with van der Waals surface area (Å²) in [6.45, 7) is 2.82. The van der Waals surface area contributed by atoms with Gasteiger partial charge in [-0.1, -0.05) is 11.6 Å². The number of carbonyl (C=O) groups is 1. The minimum absolute atomic E-state index is 0.277. The molecule has 66 valence electrons. The fraction of sp³-hybridized carbons (Fsp3) is 0.375. The standard InChI is InChI=1S/C8H9ClO2S/c1-5(10)8(2,11)6-3-4-7(9)12-6/h3-4,11H,1-2H3. The van der Waals surface area contributed by atoms with Gasteiger partial charge in [0.25, 0.3) is 0 Å². The van der Waals surface area contributed by atoms with E-state index in [-0.39, 0.29) is 5.78 Å². The molecule has 1 aromatic heterocycles. The molecule has 0 aliphatic rings. The highest BCUT2D eigenvalue weighted by Crippen LogP contribution is 2.31. The highest BCUT2D eigenvalue weighted by molar-refractivity contribution is 7.16. The van der Waals surface area contributed by atoms with Crippen LogP contribution in [0.2, 0.25) is 4.34 Å². The van der Waals surface area contributed by atoms with E-state index in [2.05, 4.69) is 0 Å². The van der Waals surface area contributed by atoms with E-state index in [4.69, 9.17) is 11.6 Å². The Bertz CT molecular complexity index is 304. The molecule has 1 unspecified atom stereocenters. The van der Waals surface area contributed by atoms with Gasteiger partial charge >= 0.3 is 0 Å². The Morgan fingerprint density at radius 2 is 2.25 bits per heavy atom. The van der Waals surface area contributed by atoms with Crippen molar-refractivity contribution in [2.75, 3.05) is 0 Å². The summed E-state index contributed by atoms with van der Waals surface area (Å²) in [5.74, 6) is -0.277. The Morgan fingerprint density at radius 3 is 2.58 bits per heavy atom. The van der Waals surface area contributed by atoms with Crippen molar-refractivity contribution in [2.45, 2.75) is 19.4 Å². The van der Waals surface area contributed by atoms with E-state index in [9.17, 15) is 9.90 Å². The Hall–Kier alpha value is -0.380. The molecule has 1 rings (SSSR count). The van der Waals surface area contributed by atoms with Crippen molar-refractivity contribution in [2.24, 2.45) is 0 Å². The van der Waals surface area contributed by atoms with Crippen LogP contribution in [-0.2, 0) is 10.4 Å². The number of rotatable bonds is 2. The van der Waals surface area contributed by atoms with Crippen molar-refractivity contribution < 1.29 is 9.90 Å². The van der Waals surface area contributed by atoms with Crippen molar-refractivity contribution in [1.29, 1.82) is 0 Å². The fourth-order valence-electron chi connectivity index (χ4n) is 0.749. The van der Waals surface area contributed by atoms with Gasteiger partial charge in [-0.25, -0.2) is 0 Å². The van der Waals surface area contributed by atoms with Crippen molar-refractivity contribution in [3.63, 3.8) is 0 Å². The summed E-state index contributed by atoms with van der Waals surface area (Å²) in [5, 5.41) is 9.68. The number of aliphatic hydroxyl groups is 1. The van der Waals surface area contributed by atoms with E-state index in [1.54, 1.807) is 12.1 Å². The molecular weight excluding hydrogens is 196 g/mol. The quantitative estimate of drug-likeness (QED) is 0.802. The lowest BCUT2D eigenvalue weighted by Gasteiger charge is -2.17. The van der Waals surface area contributed by atoms with Crippen molar-refractivity contribution in [1.82, 2.24) is 0 Å². The second-order valence-electron chi connectivity index (χ2n) is 2.73. The first-order valence-corrected chi connectivity index (χ1v) is 4.63. The van der Waals surface area contributed by atoms with Crippen LogP contribution in [0.25, 0.3) is 0 Å². The van der Waals surface area contributed by atoms with Crippen LogP contribution in [0.15, 0.2) is 12.1 Å². The minimum Gasteiger partial charge on any atom is -0.377 e. The van der Waals surface area contributed by atoms with Crippen LogP contribution in [0.4, 0.5) is 0 Å². The lowest BCUT2D eigenvalue weighted by Crippen LogP contribution is -2.28. The molecule has 1 heterocycles. The molecule has 1 aromatic rings. The first-order valence-electron chi connectivity index (χ1n) is 3.44. The molecule has 0 aliphatic carbocycles. The van der Waals surface area contributed by atoms with E-state index < -0.39 is 5.60 Å². The Kier molecular flexibility index (Phi) is 2.56. The third-order valence-corrected chi connectivity index (χ3v) is 3.18.